The lowest BCUT2D eigenvalue weighted by Gasteiger charge is -2.38. The molecule has 7 aromatic rings. The first-order valence-corrected chi connectivity index (χ1v) is 21.2. The van der Waals surface area contributed by atoms with Crippen LogP contribution in [-0.4, -0.2) is 20.6 Å². The fourth-order valence-electron chi connectivity index (χ4n) is 8.05. The molecule has 0 spiro atoms. The lowest BCUT2D eigenvalue weighted by atomic mass is 10.00. The molecule has 0 saturated heterocycles. The van der Waals surface area contributed by atoms with E-state index in [4.69, 9.17) is 0 Å². The Balaban J connectivity index is 1.40. The van der Waals surface area contributed by atoms with E-state index in [2.05, 4.69) is 266 Å². The maximum Gasteiger partial charge on any atom is 0.0914 e. The third-order valence-electron chi connectivity index (χ3n) is 11.0. The molecule has 0 saturated carbocycles. The summed E-state index contributed by atoms with van der Waals surface area (Å²) >= 11 is 0. The lowest BCUT2D eigenvalue weighted by molar-refractivity contribution is 1.01. The minimum Gasteiger partial charge on any atom is -0.367 e. The van der Waals surface area contributed by atoms with Gasteiger partial charge in [0.1, 0.15) is 0 Å². The second-order valence-corrected chi connectivity index (χ2v) is 15.2. The number of nitrogens with zero attached hydrogens (tertiary/aromatic N) is 4. The third-order valence-corrected chi connectivity index (χ3v) is 11.0. The summed E-state index contributed by atoms with van der Waals surface area (Å²) < 4.78 is 0. The molecule has 4 nitrogen and oxygen atoms in total. The number of anilines is 8. The first kappa shape index (κ1) is 40.9. The van der Waals surface area contributed by atoms with Crippen molar-refractivity contribution in [3.8, 4) is 0 Å². The van der Waals surface area contributed by atoms with Gasteiger partial charge in [0.25, 0.3) is 0 Å². The molecule has 1 aliphatic heterocycles. The van der Waals surface area contributed by atoms with E-state index in [9.17, 15) is 0 Å². The predicted molar refractivity (Wildman–Crippen MR) is 271 cm³/mol. The molecule has 0 bridgehead atoms. The zero-order valence-electron chi connectivity index (χ0n) is 35.7. The zero-order chi connectivity index (χ0) is 42.7. The van der Waals surface area contributed by atoms with Crippen molar-refractivity contribution in [2.24, 2.45) is 0 Å². The third kappa shape index (κ3) is 9.01. The normalized spacial score (nSPS) is 14.3. The number of likely N-dealkylation sites (N-methyl/N-ethyl adjacent to an activating group) is 1. The number of allylic oxidation sites excluding steroid dienone is 3. The van der Waals surface area contributed by atoms with Crippen LogP contribution < -0.4 is 30.0 Å². The number of fused-ring (bicyclic) bond motifs is 1. The van der Waals surface area contributed by atoms with Crippen LogP contribution in [-0.2, 0) is 0 Å². The molecular weight excluding hydrogens is 753 g/mol. The second kappa shape index (κ2) is 19.5. The van der Waals surface area contributed by atoms with Crippen molar-refractivity contribution in [1.29, 1.82) is 0 Å². The topological polar surface area (TPSA) is 13.0 Å². The SMILES string of the molecule is C=C/C=c1/c(N(c2ccccc2)c2ccc(/C=C/c3ccccc3)cc2)c2c(c(N(c3ccccc3)c3ccc(/C=C/c4ccccc4)cc3)/c1=C/C)N(C)/C=C\C=C/CN2C. The van der Waals surface area contributed by atoms with E-state index < -0.39 is 0 Å². The fourth-order valence-corrected chi connectivity index (χ4v) is 8.05. The van der Waals surface area contributed by atoms with E-state index >= 15 is 0 Å². The monoisotopic (exact) mass is 804 g/mol. The quantitative estimate of drug-likeness (QED) is 0.121. The van der Waals surface area contributed by atoms with Gasteiger partial charge in [-0.25, -0.2) is 0 Å². The summed E-state index contributed by atoms with van der Waals surface area (Å²) in [4.78, 5) is 9.47. The highest BCUT2D eigenvalue weighted by molar-refractivity contribution is 6.02. The molecule has 4 heteroatoms. The van der Waals surface area contributed by atoms with Crippen LogP contribution in [0.5, 0.6) is 0 Å². The molecule has 0 aliphatic carbocycles. The van der Waals surface area contributed by atoms with Gasteiger partial charge in [-0.05, 0) is 83.8 Å². The van der Waals surface area contributed by atoms with Gasteiger partial charge in [0.2, 0.25) is 0 Å². The van der Waals surface area contributed by atoms with E-state index in [1.807, 2.05) is 18.2 Å². The number of rotatable bonds is 11. The van der Waals surface area contributed by atoms with Crippen LogP contribution in [0.15, 0.2) is 207 Å². The van der Waals surface area contributed by atoms with Crippen LogP contribution >= 0.6 is 0 Å². The van der Waals surface area contributed by atoms with Gasteiger partial charge in [-0.1, -0.05) is 183 Å². The van der Waals surface area contributed by atoms with Gasteiger partial charge < -0.3 is 19.6 Å². The zero-order valence-corrected chi connectivity index (χ0v) is 35.7. The van der Waals surface area contributed by atoms with Crippen molar-refractivity contribution in [2.45, 2.75) is 6.92 Å². The molecule has 304 valence electrons. The summed E-state index contributed by atoms with van der Waals surface area (Å²) in [6.07, 6.45) is 23.7. The number of para-hydroxylation sites is 2. The summed E-state index contributed by atoms with van der Waals surface area (Å²) in [5.74, 6) is 0. The molecular formula is C58H52N4. The molecule has 7 aromatic carbocycles. The van der Waals surface area contributed by atoms with E-state index in [0.29, 0.717) is 6.54 Å². The average Bonchev–Trinajstić information content (AvgIpc) is 3.39. The molecule has 62 heavy (non-hydrogen) atoms. The molecule has 0 radical (unpaired) electrons. The highest BCUT2D eigenvalue weighted by atomic mass is 15.3. The molecule has 0 fully saturated rings. The Hall–Kier alpha value is -7.82. The minimum atomic E-state index is 0.694. The van der Waals surface area contributed by atoms with Crippen LogP contribution in [0, 0.1) is 0 Å². The Morgan fingerprint density at radius 3 is 1.31 bits per heavy atom. The van der Waals surface area contributed by atoms with Crippen LogP contribution in [0.4, 0.5) is 45.5 Å². The van der Waals surface area contributed by atoms with Crippen molar-refractivity contribution in [3.63, 3.8) is 0 Å². The van der Waals surface area contributed by atoms with Crippen molar-refractivity contribution in [2.75, 3.05) is 40.2 Å². The van der Waals surface area contributed by atoms with Gasteiger partial charge in [0.15, 0.2) is 0 Å². The molecule has 0 atom stereocenters. The number of hydrogen-bond donors (Lipinski definition) is 0. The minimum absolute atomic E-state index is 0.694. The van der Waals surface area contributed by atoms with Crippen molar-refractivity contribution in [3.05, 3.63) is 240 Å². The van der Waals surface area contributed by atoms with Crippen LogP contribution in [0.3, 0.4) is 0 Å². The van der Waals surface area contributed by atoms with Crippen molar-refractivity contribution < 1.29 is 0 Å². The Bertz CT molecular complexity index is 2840. The Kier molecular flexibility index (Phi) is 12.9. The van der Waals surface area contributed by atoms with Crippen molar-refractivity contribution >= 4 is 82.0 Å². The number of hydrogen-bond acceptors (Lipinski definition) is 4. The lowest BCUT2D eigenvalue weighted by Crippen LogP contribution is -2.39. The Labute approximate surface area is 367 Å². The molecule has 8 rings (SSSR count). The average molecular weight is 805 g/mol. The van der Waals surface area contributed by atoms with Gasteiger partial charge >= 0.3 is 0 Å². The molecule has 1 aliphatic rings. The van der Waals surface area contributed by atoms with Crippen LogP contribution in [0.2, 0.25) is 0 Å². The van der Waals surface area contributed by atoms with Gasteiger partial charge in [-0.2, -0.15) is 0 Å². The van der Waals surface area contributed by atoms with Crippen LogP contribution in [0.25, 0.3) is 36.5 Å². The van der Waals surface area contributed by atoms with Gasteiger partial charge in [-0.15, -0.1) is 0 Å². The highest BCUT2D eigenvalue weighted by Gasteiger charge is 2.31. The summed E-state index contributed by atoms with van der Waals surface area (Å²) in [5.41, 5.74) is 13.1. The first-order valence-electron chi connectivity index (χ1n) is 21.2. The number of benzene rings is 7. The molecule has 0 aromatic heterocycles. The summed E-state index contributed by atoms with van der Waals surface area (Å²) in [6, 6.07) is 60.0. The molecule has 0 N–H and O–H groups in total. The molecule has 1 heterocycles. The van der Waals surface area contributed by atoms with E-state index in [1.54, 1.807) is 0 Å². The summed E-state index contributed by atoms with van der Waals surface area (Å²) in [6.45, 7) is 7.15. The van der Waals surface area contributed by atoms with Gasteiger partial charge in [0.05, 0.1) is 22.7 Å². The second-order valence-electron chi connectivity index (χ2n) is 15.2. The fraction of sp³-hybridized carbons (Fsp3) is 0.0690. The Morgan fingerprint density at radius 1 is 0.468 bits per heavy atom. The maximum atomic E-state index is 4.31. The van der Waals surface area contributed by atoms with Gasteiger partial charge in [-0.3, -0.25) is 0 Å². The van der Waals surface area contributed by atoms with E-state index in [1.165, 1.54) is 11.1 Å². The Morgan fingerprint density at radius 2 is 0.871 bits per heavy atom. The highest BCUT2D eigenvalue weighted by Crippen LogP contribution is 2.49. The standard InChI is InChI=1S/C58H52N4/c1-5-22-54-53(6-2)55(61(49-27-16-9-17-28-49)51-39-35-47(36-40-51)33-31-45-23-12-7-13-24-45)57-58(60(4)44-21-11-20-43-59(57)3)56(54)62(50-29-18-10-19-30-50)52-41-37-48(38-42-52)34-32-46-25-14-8-15-26-46/h5-43H,1,44H2,2-4H3/b21-11-,33-31+,34-32+,43-20-,53-6+,54-22+. The smallest absolute Gasteiger partial charge is 0.0914 e. The van der Waals surface area contributed by atoms with Gasteiger partial charge in [0, 0.05) is 60.0 Å². The van der Waals surface area contributed by atoms with E-state index in [-0.39, 0.29) is 0 Å². The maximum absolute atomic E-state index is 4.31. The summed E-state index contributed by atoms with van der Waals surface area (Å²) in [5, 5.41) is 2.14. The van der Waals surface area contributed by atoms with Crippen LogP contribution in [0.1, 0.15) is 29.2 Å². The summed E-state index contributed by atoms with van der Waals surface area (Å²) in [7, 11) is 4.36. The predicted octanol–water partition coefficient (Wildman–Crippen LogP) is 13.7. The molecule has 0 unspecified atom stereocenters. The first-order chi connectivity index (χ1) is 30.5. The molecule has 0 amide bonds. The van der Waals surface area contributed by atoms with Crippen molar-refractivity contribution in [1.82, 2.24) is 0 Å². The largest absolute Gasteiger partial charge is 0.367 e. The van der Waals surface area contributed by atoms with E-state index in [0.717, 1.165) is 67.1 Å².